The topological polar surface area (TPSA) is 71.1 Å². The number of methoxy groups -OCH3 is 1. The number of carbonyl (C=O) groups excluding carboxylic acids is 2. The maximum absolute atomic E-state index is 12.0. The van der Waals surface area contributed by atoms with E-state index in [0.29, 0.717) is 0 Å². The van der Waals surface area contributed by atoms with Crippen LogP contribution in [0.15, 0.2) is 60.7 Å². The van der Waals surface area contributed by atoms with Crippen molar-refractivity contribution in [3.8, 4) is 0 Å². The Morgan fingerprint density at radius 3 is 1.63 bits per heavy atom. The molecule has 0 unspecified atom stereocenters. The lowest BCUT2D eigenvalue weighted by Crippen LogP contribution is -2.30. The van der Waals surface area contributed by atoms with Crippen molar-refractivity contribution in [2.24, 2.45) is 0 Å². The highest BCUT2D eigenvalue weighted by Gasteiger charge is 2.16. The fraction of sp³-hybridized carbons (Fsp3) is 0.333. The van der Waals surface area contributed by atoms with Crippen LogP contribution in [0.25, 0.3) is 0 Å². The van der Waals surface area contributed by atoms with Gasteiger partial charge in [-0.15, -0.1) is 0 Å². The quantitative estimate of drug-likeness (QED) is 0.446. The summed E-state index contributed by atoms with van der Waals surface area (Å²) in [4.78, 5) is 23.9. The number of rotatable bonds is 11. The third kappa shape index (κ3) is 8.48. The van der Waals surface area contributed by atoms with Gasteiger partial charge >= 0.3 is 11.9 Å². The monoisotopic (exact) mass is 372 g/mol. The predicted molar refractivity (Wildman–Crippen MR) is 99.0 cm³/mol. The summed E-state index contributed by atoms with van der Waals surface area (Å²) >= 11 is 0. The van der Waals surface area contributed by atoms with Crippen LogP contribution in [-0.4, -0.2) is 45.2 Å². The second kappa shape index (κ2) is 11.8. The van der Waals surface area contributed by atoms with Crippen LogP contribution < -0.4 is 0 Å². The molecule has 0 amide bonds. The van der Waals surface area contributed by atoms with Gasteiger partial charge in [0.05, 0.1) is 12.8 Å². The van der Waals surface area contributed by atoms with Crippen LogP contribution in [0.4, 0.5) is 0 Å². The van der Waals surface area contributed by atoms with E-state index < -0.39 is 6.10 Å². The molecule has 0 bridgehead atoms. The number of hydrogen-bond donors (Lipinski definition) is 0. The minimum atomic E-state index is -0.593. The maximum atomic E-state index is 12.0. The van der Waals surface area contributed by atoms with Crippen molar-refractivity contribution in [1.82, 2.24) is 0 Å². The molecule has 0 heterocycles. The lowest BCUT2D eigenvalue weighted by molar-refractivity contribution is -0.162. The molecule has 0 aromatic heterocycles. The van der Waals surface area contributed by atoms with Gasteiger partial charge in [0.2, 0.25) is 0 Å². The van der Waals surface area contributed by atoms with Crippen LogP contribution in [0.5, 0.6) is 0 Å². The largest absolute Gasteiger partial charge is 0.463 e. The molecule has 0 N–H and O–H groups in total. The normalized spacial score (nSPS) is 10.6. The molecule has 0 aliphatic heterocycles. The molecule has 6 heteroatoms. The Hall–Kier alpha value is -2.70. The Bertz CT molecular complexity index is 629. The number of esters is 2. The fourth-order valence-corrected chi connectivity index (χ4v) is 2.31. The van der Waals surface area contributed by atoms with E-state index in [2.05, 4.69) is 0 Å². The van der Waals surface area contributed by atoms with E-state index in [-0.39, 0.29) is 44.8 Å². The molecule has 0 fully saturated rings. The second-order valence-electron chi connectivity index (χ2n) is 5.89. The van der Waals surface area contributed by atoms with Gasteiger partial charge in [0.25, 0.3) is 0 Å². The molecule has 0 spiro atoms. The Balaban J connectivity index is 1.76. The van der Waals surface area contributed by atoms with Gasteiger partial charge in [0, 0.05) is 7.11 Å². The lowest BCUT2D eigenvalue weighted by atomic mass is 10.1. The summed E-state index contributed by atoms with van der Waals surface area (Å²) in [6.07, 6.45) is -0.249. The lowest BCUT2D eigenvalue weighted by Gasteiger charge is -2.17. The van der Waals surface area contributed by atoms with Crippen LogP contribution in [0.2, 0.25) is 0 Å². The molecule has 2 aromatic rings. The minimum absolute atomic E-state index is 0.0110. The predicted octanol–water partition coefficient (Wildman–Crippen LogP) is 2.55. The summed E-state index contributed by atoms with van der Waals surface area (Å²) in [6, 6.07) is 18.6. The van der Waals surface area contributed by atoms with Crippen molar-refractivity contribution in [2.75, 3.05) is 27.1 Å². The average molecular weight is 372 g/mol. The molecule has 0 atom stereocenters. The first kappa shape index (κ1) is 20.6. The minimum Gasteiger partial charge on any atom is -0.463 e. The summed E-state index contributed by atoms with van der Waals surface area (Å²) in [5, 5.41) is 0. The zero-order valence-corrected chi connectivity index (χ0v) is 15.3. The molecule has 0 radical (unpaired) electrons. The molecular formula is C21H24O6. The highest BCUT2D eigenvalue weighted by Crippen LogP contribution is 2.05. The zero-order chi connectivity index (χ0) is 19.3. The first-order valence-corrected chi connectivity index (χ1v) is 8.67. The number of ether oxygens (including phenoxy) is 4. The van der Waals surface area contributed by atoms with E-state index in [4.69, 9.17) is 18.9 Å². The summed E-state index contributed by atoms with van der Waals surface area (Å²) in [7, 11) is 1.49. The third-order valence-corrected chi connectivity index (χ3v) is 3.66. The van der Waals surface area contributed by atoms with E-state index in [1.165, 1.54) is 7.11 Å². The van der Waals surface area contributed by atoms with E-state index in [1.54, 1.807) is 0 Å². The molecule has 2 aromatic carbocycles. The molecule has 2 rings (SSSR count). The summed E-state index contributed by atoms with van der Waals surface area (Å²) in [5.74, 6) is -0.745. The Labute approximate surface area is 159 Å². The second-order valence-corrected chi connectivity index (χ2v) is 5.89. The van der Waals surface area contributed by atoms with Gasteiger partial charge in [-0.2, -0.15) is 0 Å². The van der Waals surface area contributed by atoms with Crippen LogP contribution in [-0.2, 0) is 41.4 Å². The third-order valence-electron chi connectivity index (χ3n) is 3.66. The van der Waals surface area contributed by atoms with Crippen molar-refractivity contribution in [1.29, 1.82) is 0 Å². The van der Waals surface area contributed by atoms with Crippen molar-refractivity contribution in [2.45, 2.75) is 18.9 Å². The van der Waals surface area contributed by atoms with Gasteiger partial charge < -0.3 is 18.9 Å². The fourth-order valence-electron chi connectivity index (χ4n) is 2.31. The molecule has 0 saturated heterocycles. The molecule has 0 aliphatic carbocycles. The van der Waals surface area contributed by atoms with Crippen molar-refractivity contribution >= 4 is 11.9 Å². The number of carbonyl (C=O) groups is 2. The van der Waals surface area contributed by atoms with Crippen LogP contribution >= 0.6 is 0 Å². The molecule has 6 nitrogen and oxygen atoms in total. The summed E-state index contributed by atoms with van der Waals surface area (Å²) in [6.45, 7) is -0.0293. The van der Waals surface area contributed by atoms with Crippen LogP contribution in [0.1, 0.15) is 11.1 Å². The van der Waals surface area contributed by atoms with Gasteiger partial charge in [-0.1, -0.05) is 60.7 Å². The highest BCUT2D eigenvalue weighted by molar-refractivity contribution is 5.73. The zero-order valence-electron chi connectivity index (χ0n) is 15.3. The highest BCUT2D eigenvalue weighted by atomic mass is 16.7. The van der Waals surface area contributed by atoms with Gasteiger partial charge in [0.1, 0.15) is 26.1 Å². The Morgan fingerprint density at radius 2 is 1.22 bits per heavy atom. The SMILES string of the molecule is COCOC(COC(=O)Cc1ccccc1)COC(=O)Cc1ccccc1. The first-order chi connectivity index (χ1) is 13.2. The molecule has 0 saturated carbocycles. The molecule has 27 heavy (non-hydrogen) atoms. The molecular weight excluding hydrogens is 348 g/mol. The average Bonchev–Trinajstić information content (AvgIpc) is 2.69. The van der Waals surface area contributed by atoms with Crippen LogP contribution in [0.3, 0.4) is 0 Å². The number of benzene rings is 2. The summed E-state index contributed by atoms with van der Waals surface area (Å²) in [5.41, 5.74) is 1.73. The van der Waals surface area contributed by atoms with E-state index in [0.717, 1.165) is 11.1 Å². The van der Waals surface area contributed by atoms with Gasteiger partial charge in [0.15, 0.2) is 0 Å². The Kier molecular flexibility index (Phi) is 9.03. The smallest absolute Gasteiger partial charge is 0.310 e. The summed E-state index contributed by atoms with van der Waals surface area (Å²) < 4.78 is 20.8. The van der Waals surface area contributed by atoms with Crippen molar-refractivity contribution < 1.29 is 28.5 Å². The first-order valence-electron chi connectivity index (χ1n) is 8.67. The van der Waals surface area contributed by atoms with Gasteiger partial charge in [-0.25, -0.2) is 0 Å². The van der Waals surface area contributed by atoms with Crippen molar-refractivity contribution in [3.05, 3.63) is 71.8 Å². The maximum Gasteiger partial charge on any atom is 0.310 e. The van der Waals surface area contributed by atoms with E-state index in [1.807, 2.05) is 60.7 Å². The molecule has 144 valence electrons. The Morgan fingerprint density at radius 1 is 0.778 bits per heavy atom. The van der Waals surface area contributed by atoms with E-state index >= 15 is 0 Å². The van der Waals surface area contributed by atoms with Gasteiger partial charge in [-0.05, 0) is 11.1 Å². The number of hydrogen-bond acceptors (Lipinski definition) is 6. The van der Waals surface area contributed by atoms with Crippen molar-refractivity contribution in [3.63, 3.8) is 0 Å². The van der Waals surface area contributed by atoms with Gasteiger partial charge in [-0.3, -0.25) is 9.59 Å². The van der Waals surface area contributed by atoms with E-state index in [9.17, 15) is 9.59 Å². The molecule has 0 aliphatic rings. The van der Waals surface area contributed by atoms with Crippen LogP contribution in [0, 0.1) is 0 Å². The standard InChI is InChI=1S/C21H24O6/c1-24-16-27-19(14-25-20(22)12-17-8-4-2-5-9-17)15-26-21(23)13-18-10-6-3-7-11-18/h2-11,19H,12-16H2,1H3.